The summed E-state index contributed by atoms with van der Waals surface area (Å²) >= 11 is 19.0. The van der Waals surface area contributed by atoms with Crippen LogP contribution in [0.25, 0.3) is 0 Å². The molecule has 0 aromatic carbocycles. The highest BCUT2D eigenvalue weighted by Gasteiger charge is 1.95. The van der Waals surface area contributed by atoms with Crippen LogP contribution in [0.4, 0.5) is 0 Å². The number of hydrogen-bond acceptors (Lipinski definition) is 7. The number of rotatable bonds is 6. The van der Waals surface area contributed by atoms with E-state index in [4.69, 9.17) is 34.6 Å². The third kappa shape index (κ3) is 58.8. The number of aliphatic hydroxyl groups excluding tert-OH is 3. The van der Waals surface area contributed by atoms with Crippen molar-refractivity contribution in [2.24, 2.45) is 0 Å². The zero-order valence-corrected chi connectivity index (χ0v) is 22.1. The second-order valence-corrected chi connectivity index (χ2v) is 9.97. The molecule has 0 aromatic heterocycles. The fourth-order valence-corrected chi connectivity index (χ4v) is 0.761. The van der Waals surface area contributed by atoms with E-state index in [-0.39, 0.29) is 34.3 Å². The topological polar surface area (TPSA) is 147 Å². The Labute approximate surface area is 186 Å². The third-order valence-electron chi connectivity index (χ3n) is 1.10. The van der Waals surface area contributed by atoms with E-state index in [0.717, 1.165) is 16.0 Å². The fraction of sp³-hybridized carbons (Fsp3) is 1.00. The van der Waals surface area contributed by atoms with E-state index >= 15 is 0 Å². The molecule has 0 rings (SSSR count). The number of phosphoric acid groups is 1. The molecule has 0 bridgehead atoms. The van der Waals surface area contributed by atoms with Gasteiger partial charge in [0.2, 0.25) is 0 Å². The lowest BCUT2D eigenvalue weighted by Gasteiger charge is -2.36. The van der Waals surface area contributed by atoms with Crippen molar-refractivity contribution >= 4 is 103 Å². The van der Waals surface area contributed by atoms with Crippen LogP contribution < -0.4 is 14.7 Å². The van der Waals surface area contributed by atoms with Crippen LogP contribution >= 0.6 is 103 Å². The number of alkyl halides is 6. The maximum absolute atomic E-state index is 8.55. The van der Waals surface area contributed by atoms with Gasteiger partial charge >= 0.3 is 0 Å². The Balaban J connectivity index is -0.000000105. The van der Waals surface area contributed by atoms with Gasteiger partial charge in [0.1, 0.15) is 0 Å². The number of aliphatic hydroxyl groups is 3. The van der Waals surface area contributed by atoms with Gasteiger partial charge in [-0.1, -0.05) is 95.6 Å². The van der Waals surface area contributed by atoms with E-state index in [2.05, 4.69) is 95.6 Å². The van der Waals surface area contributed by atoms with Gasteiger partial charge in [-0.25, -0.2) is 0 Å². The second kappa shape index (κ2) is 24.9. The van der Waals surface area contributed by atoms with E-state index in [1.54, 1.807) is 0 Å². The van der Waals surface area contributed by atoms with Crippen molar-refractivity contribution in [2.45, 2.75) is 14.5 Å². The summed E-state index contributed by atoms with van der Waals surface area (Å²) in [5.41, 5.74) is 0. The van der Waals surface area contributed by atoms with Gasteiger partial charge in [0.05, 0.1) is 19.8 Å². The summed E-state index contributed by atoms with van der Waals surface area (Å²) in [6.45, 7) is 0.599. The highest BCUT2D eigenvalue weighted by molar-refractivity contribution is 9.12. The average Bonchev–Trinajstić information content (AvgIpc) is 2.51. The van der Waals surface area contributed by atoms with Crippen LogP contribution in [0.3, 0.4) is 0 Å². The number of hydrogen-bond donors (Lipinski definition) is 3. The Bertz CT molecular complexity index is 217. The molecule has 0 saturated carbocycles. The van der Waals surface area contributed by atoms with Crippen LogP contribution in [0, 0.1) is 0 Å². The molecule has 3 N–H and O–H groups in total. The van der Waals surface area contributed by atoms with Gasteiger partial charge in [-0.15, -0.1) is 0 Å². The summed E-state index contributed by atoms with van der Waals surface area (Å²) in [7, 11) is -5.39. The summed E-state index contributed by atoms with van der Waals surface area (Å²) in [6.07, 6.45) is 0. The van der Waals surface area contributed by atoms with E-state index in [9.17, 15) is 0 Å². The van der Waals surface area contributed by atoms with Gasteiger partial charge in [-0.2, -0.15) is 7.82 Å². The molecular formula is C9H18Br6O7P-3. The molecule has 7 nitrogen and oxygen atoms in total. The smallest absolute Gasteiger partial charge is 0.0564 e. The largest absolute Gasteiger partial charge is 0.822 e. The standard InChI is InChI=1S/3C3H6Br2O.H3O4P/c3*4-1-3(5)2-6;1-5(2,3)4/h3*3,6H,1-2H2;(H3,1,2,3,4)/p-3. The molecule has 3 unspecified atom stereocenters. The van der Waals surface area contributed by atoms with Crippen LogP contribution in [0.2, 0.25) is 0 Å². The van der Waals surface area contributed by atoms with Gasteiger partial charge in [0.25, 0.3) is 0 Å². The van der Waals surface area contributed by atoms with E-state index in [1.165, 1.54) is 0 Å². The summed E-state index contributed by atoms with van der Waals surface area (Å²) in [5.74, 6) is 0. The van der Waals surface area contributed by atoms with Crippen molar-refractivity contribution in [3.05, 3.63) is 0 Å². The minimum atomic E-state index is -5.39. The molecule has 0 spiro atoms. The van der Waals surface area contributed by atoms with Crippen molar-refractivity contribution < 1.29 is 34.6 Å². The molecule has 23 heavy (non-hydrogen) atoms. The van der Waals surface area contributed by atoms with E-state index in [0.29, 0.717) is 0 Å². The SMILES string of the molecule is O=P([O-])([O-])[O-].OCC(Br)CBr.OCC(Br)CBr.OCC(Br)CBr. The molecule has 0 aliphatic carbocycles. The Morgan fingerprint density at radius 1 is 0.696 bits per heavy atom. The molecule has 14 heteroatoms. The minimum absolute atomic E-state index is 0.200. The van der Waals surface area contributed by atoms with Gasteiger partial charge in [-0.3, -0.25) is 0 Å². The Morgan fingerprint density at radius 3 is 0.826 bits per heavy atom. The third-order valence-corrected chi connectivity index (χ3v) is 7.89. The monoisotopic (exact) mass is 743 g/mol. The van der Waals surface area contributed by atoms with E-state index in [1.807, 2.05) is 0 Å². The van der Waals surface area contributed by atoms with Crippen molar-refractivity contribution in [3.8, 4) is 0 Å². The summed E-state index contributed by atoms with van der Waals surface area (Å²) in [4.78, 5) is 26.3. The molecule has 3 atom stereocenters. The Hall–Kier alpha value is 2.87. The van der Waals surface area contributed by atoms with Crippen molar-refractivity contribution in [2.75, 3.05) is 35.8 Å². The zero-order chi connectivity index (χ0) is 19.5. The summed E-state index contributed by atoms with van der Waals surface area (Å²) in [5, 5.41) is 27.2. The molecule has 0 heterocycles. The van der Waals surface area contributed by atoms with Crippen LogP contribution in [-0.4, -0.2) is 65.6 Å². The highest BCUT2D eigenvalue weighted by atomic mass is 79.9. The highest BCUT2D eigenvalue weighted by Crippen LogP contribution is 2.03. The molecule has 0 amide bonds. The molecule has 146 valence electrons. The first-order valence-corrected chi connectivity index (χ1v) is 13.2. The first-order chi connectivity index (χ1) is 10.4. The fourth-order valence-electron chi connectivity index (χ4n) is 0.146. The lowest BCUT2D eigenvalue weighted by atomic mass is 10.5. The molecule has 0 aliphatic rings. The summed E-state index contributed by atoms with van der Waals surface area (Å²) in [6, 6.07) is 0. The molecular weight excluding hydrogens is 730 g/mol. The average molecular weight is 749 g/mol. The normalized spacial score (nSPS) is 13.9. The van der Waals surface area contributed by atoms with Crippen LogP contribution in [0.5, 0.6) is 0 Å². The van der Waals surface area contributed by atoms with Gasteiger partial charge in [0.15, 0.2) is 0 Å². The first-order valence-electron chi connectivity index (χ1n) is 5.58. The van der Waals surface area contributed by atoms with Crippen molar-refractivity contribution in [1.29, 1.82) is 0 Å². The molecule has 0 radical (unpaired) electrons. The maximum atomic E-state index is 8.55. The van der Waals surface area contributed by atoms with Crippen LogP contribution in [0.15, 0.2) is 0 Å². The number of halogens is 6. The van der Waals surface area contributed by atoms with Gasteiger partial charge in [0, 0.05) is 30.5 Å². The molecule has 0 aliphatic heterocycles. The molecule has 0 aromatic rings. The predicted octanol–water partition coefficient (Wildman–Crippen LogP) is 0.587. The predicted molar refractivity (Wildman–Crippen MR) is 108 cm³/mol. The van der Waals surface area contributed by atoms with Crippen molar-refractivity contribution in [1.82, 2.24) is 0 Å². The zero-order valence-electron chi connectivity index (χ0n) is 11.7. The van der Waals surface area contributed by atoms with Crippen LogP contribution in [0.1, 0.15) is 0 Å². The lowest BCUT2D eigenvalue weighted by Crippen LogP contribution is -2.24. The minimum Gasteiger partial charge on any atom is -0.822 e. The van der Waals surface area contributed by atoms with Crippen LogP contribution in [-0.2, 0) is 4.57 Å². The molecule has 0 saturated heterocycles. The van der Waals surface area contributed by atoms with Crippen molar-refractivity contribution in [3.63, 3.8) is 0 Å². The van der Waals surface area contributed by atoms with Gasteiger partial charge in [-0.05, 0) is 0 Å². The lowest BCUT2D eigenvalue weighted by molar-refractivity contribution is -0.432. The second-order valence-electron chi connectivity index (χ2n) is 3.25. The quantitative estimate of drug-likeness (QED) is 0.266. The van der Waals surface area contributed by atoms with Gasteiger partial charge < -0.3 is 34.6 Å². The first kappa shape index (κ1) is 33.5. The Morgan fingerprint density at radius 2 is 0.826 bits per heavy atom. The summed E-state index contributed by atoms with van der Waals surface area (Å²) < 4.78 is 8.55. The van der Waals surface area contributed by atoms with E-state index < -0.39 is 7.82 Å². The Kier molecular flexibility index (Phi) is 36.2. The molecule has 0 fully saturated rings. The maximum Gasteiger partial charge on any atom is 0.0564 e.